The number of carboxylic acids is 1. The molecular weight excluding hydrogens is 290 g/mol. The summed E-state index contributed by atoms with van der Waals surface area (Å²) >= 11 is 1.57. The number of nitrogens with zero attached hydrogens (tertiary/aromatic N) is 2. The fraction of sp³-hybridized carbons (Fsp3) is 0.857. The molecule has 0 aliphatic rings. The second-order valence-electron chi connectivity index (χ2n) is 5.76. The summed E-state index contributed by atoms with van der Waals surface area (Å²) in [5.41, 5.74) is 0. The minimum absolute atomic E-state index is 0.293. The molecule has 0 radical (unpaired) electrons. The summed E-state index contributed by atoms with van der Waals surface area (Å²) < 4.78 is 0. The molecular formula is C14H29N3O3S. The first-order valence-electron chi connectivity index (χ1n) is 7.19. The molecule has 7 heteroatoms. The number of carboxylic acid groups (broad SMARTS) is 1. The maximum Gasteiger partial charge on any atom is 0.326 e. The highest BCUT2D eigenvalue weighted by molar-refractivity contribution is 7.98. The Kier molecular flexibility index (Phi) is 10.2. The number of hydrogen-bond donors (Lipinski definition) is 2. The molecule has 0 aromatic rings. The second kappa shape index (κ2) is 10.7. The van der Waals surface area contributed by atoms with E-state index < -0.39 is 12.0 Å². The predicted octanol–water partition coefficient (Wildman–Crippen LogP) is 1.42. The van der Waals surface area contributed by atoms with Gasteiger partial charge in [-0.1, -0.05) is 13.8 Å². The Morgan fingerprint density at radius 1 is 1.24 bits per heavy atom. The monoisotopic (exact) mass is 319 g/mol. The molecule has 0 bridgehead atoms. The molecule has 2 amide bonds. The number of urea groups is 1. The first-order chi connectivity index (χ1) is 9.77. The molecule has 0 aliphatic carbocycles. The summed E-state index contributed by atoms with van der Waals surface area (Å²) in [5, 5.41) is 11.8. The van der Waals surface area contributed by atoms with E-state index in [0.717, 1.165) is 6.54 Å². The van der Waals surface area contributed by atoms with Gasteiger partial charge in [0.2, 0.25) is 0 Å². The zero-order valence-corrected chi connectivity index (χ0v) is 14.6. The van der Waals surface area contributed by atoms with Gasteiger partial charge >= 0.3 is 12.0 Å². The Hall–Kier alpha value is -0.950. The van der Waals surface area contributed by atoms with Crippen LogP contribution in [-0.4, -0.2) is 78.7 Å². The van der Waals surface area contributed by atoms with Crippen molar-refractivity contribution in [1.29, 1.82) is 0 Å². The second-order valence-corrected chi connectivity index (χ2v) is 6.75. The topological polar surface area (TPSA) is 72.9 Å². The van der Waals surface area contributed by atoms with Gasteiger partial charge in [0.25, 0.3) is 0 Å². The van der Waals surface area contributed by atoms with Crippen molar-refractivity contribution in [3.8, 4) is 0 Å². The number of rotatable bonds is 10. The van der Waals surface area contributed by atoms with E-state index in [0.29, 0.717) is 31.2 Å². The molecule has 2 N–H and O–H groups in total. The van der Waals surface area contributed by atoms with Gasteiger partial charge in [-0.3, -0.25) is 0 Å². The van der Waals surface area contributed by atoms with Gasteiger partial charge < -0.3 is 20.2 Å². The minimum atomic E-state index is -0.977. The van der Waals surface area contributed by atoms with Crippen LogP contribution in [-0.2, 0) is 4.79 Å². The highest BCUT2D eigenvalue weighted by Crippen LogP contribution is 2.04. The molecule has 0 heterocycles. The average Bonchev–Trinajstić information content (AvgIpc) is 2.38. The molecule has 0 aliphatic heterocycles. The van der Waals surface area contributed by atoms with Gasteiger partial charge in [-0.2, -0.15) is 11.8 Å². The van der Waals surface area contributed by atoms with Gasteiger partial charge in [0, 0.05) is 19.6 Å². The van der Waals surface area contributed by atoms with Gasteiger partial charge in [-0.15, -0.1) is 0 Å². The summed E-state index contributed by atoms with van der Waals surface area (Å²) in [6.45, 7) is 6.04. The molecule has 0 fully saturated rings. The van der Waals surface area contributed by atoms with Crippen LogP contribution >= 0.6 is 11.8 Å². The molecule has 0 saturated carbocycles. The predicted molar refractivity (Wildman–Crippen MR) is 87.9 cm³/mol. The van der Waals surface area contributed by atoms with Crippen molar-refractivity contribution < 1.29 is 14.7 Å². The standard InChI is InChI=1S/C14H29N3O3S/c1-11(2)10-17(8-7-16(3)4)14(20)15-12(13(18)19)6-9-21-5/h11-12H,6-10H2,1-5H3,(H,15,20)(H,18,19)/t12-/m0/s1. The Labute approximate surface area is 132 Å². The van der Waals surface area contributed by atoms with E-state index in [-0.39, 0.29) is 6.03 Å². The van der Waals surface area contributed by atoms with E-state index in [9.17, 15) is 14.7 Å². The van der Waals surface area contributed by atoms with Crippen molar-refractivity contribution in [1.82, 2.24) is 15.1 Å². The molecule has 0 unspecified atom stereocenters. The van der Waals surface area contributed by atoms with Crippen LogP contribution in [0.1, 0.15) is 20.3 Å². The maximum absolute atomic E-state index is 12.3. The number of hydrogen-bond acceptors (Lipinski definition) is 4. The van der Waals surface area contributed by atoms with Crippen molar-refractivity contribution >= 4 is 23.8 Å². The number of thioether (sulfide) groups is 1. The molecule has 0 saturated heterocycles. The highest BCUT2D eigenvalue weighted by atomic mass is 32.2. The van der Waals surface area contributed by atoms with Crippen LogP contribution in [0.15, 0.2) is 0 Å². The first-order valence-corrected chi connectivity index (χ1v) is 8.59. The van der Waals surface area contributed by atoms with Crippen LogP contribution in [0.25, 0.3) is 0 Å². The fourth-order valence-electron chi connectivity index (χ4n) is 1.77. The largest absolute Gasteiger partial charge is 0.480 e. The molecule has 0 spiro atoms. The lowest BCUT2D eigenvalue weighted by molar-refractivity contribution is -0.139. The lowest BCUT2D eigenvalue weighted by atomic mass is 10.2. The van der Waals surface area contributed by atoms with Crippen molar-refractivity contribution in [3.63, 3.8) is 0 Å². The summed E-state index contributed by atoms with van der Waals surface area (Å²) in [7, 11) is 3.90. The van der Waals surface area contributed by atoms with E-state index >= 15 is 0 Å². The number of carbonyl (C=O) groups excluding carboxylic acids is 1. The fourth-order valence-corrected chi connectivity index (χ4v) is 2.24. The van der Waals surface area contributed by atoms with Gasteiger partial charge in [-0.25, -0.2) is 9.59 Å². The Morgan fingerprint density at radius 2 is 1.86 bits per heavy atom. The van der Waals surface area contributed by atoms with Crippen LogP contribution < -0.4 is 5.32 Å². The zero-order valence-electron chi connectivity index (χ0n) is 13.8. The molecule has 124 valence electrons. The third-order valence-electron chi connectivity index (χ3n) is 2.90. The quantitative estimate of drug-likeness (QED) is 0.637. The Balaban J connectivity index is 4.63. The number of amides is 2. The van der Waals surface area contributed by atoms with Crippen molar-refractivity contribution in [3.05, 3.63) is 0 Å². The Bertz CT molecular complexity index is 325. The lowest BCUT2D eigenvalue weighted by Crippen LogP contribution is -2.50. The van der Waals surface area contributed by atoms with Crippen molar-refractivity contribution in [2.75, 3.05) is 45.7 Å². The number of aliphatic carboxylic acids is 1. The molecule has 0 aromatic heterocycles. The van der Waals surface area contributed by atoms with Crippen molar-refractivity contribution in [2.24, 2.45) is 5.92 Å². The zero-order chi connectivity index (χ0) is 16.4. The average molecular weight is 319 g/mol. The van der Waals surface area contributed by atoms with Gasteiger partial charge in [-0.05, 0) is 38.4 Å². The SMILES string of the molecule is CSCC[C@H](NC(=O)N(CCN(C)C)CC(C)C)C(=O)O. The molecule has 1 atom stereocenters. The number of likely N-dealkylation sites (N-methyl/N-ethyl adjacent to an activating group) is 1. The van der Waals surface area contributed by atoms with E-state index in [2.05, 4.69) is 5.32 Å². The van der Waals surface area contributed by atoms with E-state index in [1.807, 2.05) is 39.1 Å². The van der Waals surface area contributed by atoms with Crippen LogP contribution in [0.3, 0.4) is 0 Å². The summed E-state index contributed by atoms with van der Waals surface area (Å²) in [4.78, 5) is 27.2. The van der Waals surface area contributed by atoms with Crippen LogP contribution in [0.2, 0.25) is 0 Å². The van der Waals surface area contributed by atoms with Gasteiger partial charge in [0.15, 0.2) is 0 Å². The smallest absolute Gasteiger partial charge is 0.326 e. The van der Waals surface area contributed by atoms with Gasteiger partial charge in [0.05, 0.1) is 0 Å². The first kappa shape index (κ1) is 20.1. The van der Waals surface area contributed by atoms with Crippen molar-refractivity contribution in [2.45, 2.75) is 26.3 Å². The number of nitrogens with one attached hydrogen (secondary N) is 1. The van der Waals surface area contributed by atoms with Crippen LogP contribution in [0.4, 0.5) is 4.79 Å². The van der Waals surface area contributed by atoms with Crippen LogP contribution in [0, 0.1) is 5.92 Å². The molecule has 0 rings (SSSR count). The van der Waals surface area contributed by atoms with E-state index in [1.54, 1.807) is 16.7 Å². The highest BCUT2D eigenvalue weighted by Gasteiger charge is 2.23. The summed E-state index contributed by atoms with van der Waals surface area (Å²) in [6, 6.07) is -1.11. The van der Waals surface area contributed by atoms with E-state index in [4.69, 9.17) is 0 Å². The molecule has 21 heavy (non-hydrogen) atoms. The summed E-state index contributed by atoms with van der Waals surface area (Å²) in [6.07, 6.45) is 2.36. The molecule has 6 nitrogen and oxygen atoms in total. The Morgan fingerprint density at radius 3 is 2.29 bits per heavy atom. The van der Waals surface area contributed by atoms with E-state index in [1.165, 1.54) is 0 Å². The van der Waals surface area contributed by atoms with Gasteiger partial charge in [0.1, 0.15) is 6.04 Å². The lowest BCUT2D eigenvalue weighted by Gasteiger charge is -2.27. The molecule has 0 aromatic carbocycles. The third-order valence-corrected chi connectivity index (χ3v) is 3.54. The number of carbonyl (C=O) groups is 2. The minimum Gasteiger partial charge on any atom is -0.480 e. The maximum atomic E-state index is 12.3. The third kappa shape index (κ3) is 9.57. The summed E-state index contributed by atoms with van der Waals surface area (Å²) in [5.74, 6) is 0.0703. The van der Waals surface area contributed by atoms with Crippen LogP contribution in [0.5, 0.6) is 0 Å². The normalized spacial score (nSPS) is 12.5.